The number of alkyl halides is 6. The molecule has 0 bridgehead atoms. The van der Waals surface area contributed by atoms with Crippen molar-refractivity contribution in [3.05, 3.63) is 70.9 Å². The predicted octanol–water partition coefficient (Wildman–Crippen LogP) is 3.21. The number of carbonyl (C=O) groups is 2. The van der Waals surface area contributed by atoms with Crippen molar-refractivity contribution in [3.63, 3.8) is 0 Å². The molecule has 0 aliphatic carbocycles. The number of rotatable bonds is 7. The minimum Gasteiger partial charge on any atom is -0.361 e. The number of hydrogen-bond acceptors (Lipinski definition) is 6. The van der Waals surface area contributed by atoms with E-state index in [4.69, 9.17) is 0 Å². The van der Waals surface area contributed by atoms with Crippen LogP contribution in [0, 0.1) is 0 Å². The lowest BCUT2D eigenvalue weighted by Gasteiger charge is -2.41. The second-order valence-electron chi connectivity index (χ2n) is 10.4. The van der Waals surface area contributed by atoms with Crippen LogP contribution < -0.4 is 16.1 Å². The van der Waals surface area contributed by atoms with Gasteiger partial charge in [-0.05, 0) is 30.2 Å². The largest absolute Gasteiger partial charge is 0.417 e. The first-order valence-electron chi connectivity index (χ1n) is 13.5. The van der Waals surface area contributed by atoms with Crippen LogP contribution >= 0.6 is 0 Å². The topological polar surface area (TPSA) is 92.5 Å². The van der Waals surface area contributed by atoms with Gasteiger partial charge < -0.3 is 15.6 Å². The molecule has 5 rings (SSSR count). The summed E-state index contributed by atoms with van der Waals surface area (Å²) in [7, 11) is 0. The number of piperazine rings is 2. The number of fused-ring (bicyclic) bond motifs is 1. The van der Waals surface area contributed by atoms with E-state index in [0.717, 1.165) is 16.5 Å². The summed E-state index contributed by atoms with van der Waals surface area (Å²) >= 11 is 0. The van der Waals surface area contributed by atoms with Crippen molar-refractivity contribution in [2.45, 2.75) is 30.9 Å². The van der Waals surface area contributed by atoms with E-state index < -0.39 is 52.8 Å². The second kappa shape index (κ2) is 12.0. The maximum atomic E-state index is 14.1. The van der Waals surface area contributed by atoms with Crippen molar-refractivity contribution in [2.24, 2.45) is 0 Å². The van der Waals surface area contributed by atoms with Crippen LogP contribution in [0.3, 0.4) is 0 Å². The molecular formula is C28H30F6N6O2. The first kappa shape index (κ1) is 30.0. The van der Waals surface area contributed by atoms with Crippen molar-refractivity contribution >= 4 is 22.6 Å². The smallest absolute Gasteiger partial charge is 0.361 e. The average molecular weight is 597 g/mol. The number of nitrogens with one attached hydrogen (secondary N) is 4. The number of aromatic nitrogens is 1. The number of ketones is 1. The molecule has 3 heterocycles. The molecule has 0 saturated carbocycles. The Morgan fingerprint density at radius 1 is 0.929 bits per heavy atom. The zero-order chi connectivity index (χ0) is 30.1. The maximum absolute atomic E-state index is 14.1. The standard InChI is InChI=1S/C28H30F6N6O2/c29-27(30,31)18-5-6-20(21(14-18)28(32,33)34)26(42)25-23(13-17-15-37-22-4-2-1-3-19(17)22)36-9-10-39(25)16-24(41)38-40-11-7-35-8-12-40/h1-6,14-15,23,25,35-37H,7-13,16H2,(H,38,41). The van der Waals surface area contributed by atoms with E-state index in [2.05, 4.69) is 21.0 Å². The summed E-state index contributed by atoms with van der Waals surface area (Å²) in [6, 6.07) is 6.45. The van der Waals surface area contributed by atoms with Crippen LogP contribution in [0.4, 0.5) is 26.3 Å². The molecule has 2 saturated heterocycles. The Kier molecular flexibility index (Phi) is 8.60. The number of hydrogen-bond donors (Lipinski definition) is 4. The SMILES string of the molecule is O=C(CN1CCNC(Cc2c[nH]c3ccccc23)C1C(=O)c1ccc(C(F)(F)F)cc1C(F)(F)F)NN1CCNCC1. The molecule has 2 atom stereocenters. The van der Waals surface area contributed by atoms with Crippen LogP contribution in [0.15, 0.2) is 48.7 Å². The maximum Gasteiger partial charge on any atom is 0.417 e. The lowest BCUT2D eigenvalue weighted by atomic mass is 9.87. The Hall–Kier alpha value is -3.46. The third-order valence-electron chi connectivity index (χ3n) is 7.63. The van der Waals surface area contributed by atoms with Crippen LogP contribution in [0.5, 0.6) is 0 Å². The molecule has 2 aliphatic heterocycles. The number of amides is 1. The number of Topliss-reactive ketones (excluding diaryl/α,β-unsaturated/α-hetero) is 1. The van der Waals surface area contributed by atoms with Crippen molar-refractivity contribution in [1.29, 1.82) is 0 Å². The number of carbonyl (C=O) groups excluding carboxylic acids is 2. The molecule has 2 fully saturated rings. The highest BCUT2D eigenvalue weighted by Crippen LogP contribution is 2.38. The number of para-hydroxylation sites is 1. The normalized spacial score (nSPS) is 21.0. The van der Waals surface area contributed by atoms with Crippen LogP contribution in [0.2, 0.25) is 0 Å². The Morgan fingerprint density at radius 3 is 2.38 bits per heavy atom. The lowest BCUT2D eigenvalue weighted by molar-refractivity contribution is -0.143. The molecule has 42 heavy (non-hydrogen) atoms. The van der Waals surface area contributed by atoms with Gasteiger partial charge in [0.25, 0.3) is 0 Å². The fraction of sp³-hybridized carbons (Fsp3) is 0.429. The van der Waals surface area contributed by atoms with Gasteiger partial charge in [0.05, 0.1) is 23.7 Å². The van der Waals surface area contributed by atoms with Crippen molar-refractivity contribution in [3.8, 4) is 0 Å². The van der Waals surface area contributed by atoms with Gasteiger partial charge in [0, 0.05) is 68.0 Å². The van der Waals surface area contributed by atoms with E-state index in [9.17, 15) is 35.9 Å². The molecule has 14 heteroatoms. The van der Waals surface area contributed by atoms with Crippen LogP contribution in [0.25, 0.3) is 10.9 Å². The summed E-state index contributed by atoms with van der Waals surface area (Å²) in [5.41, 5.74) is 0.376. The van der Waals surface area contributed by atoms with Gasteiger partial charge in [0.2, 0.25) is 5.91 Å². The van der Waals surface area contributed by atoms with E-state index in [0.29, 0.717) is 44.9 Å². The predicted molar refractivity (Wildman–Crippen MR) is 143 cm³/mol. The summed E-state index contributed by atoms with van der Waals surface area (Å²) in [6.07, 6.45) is -8.27. The highest BCUT2D eigenvalue weighted by molar-refractivity contribution is 6.02. The molecule has 4 N–H and O–H groups in total. The number of halogens is 6. The van der Waals surface area contributed by atoms with Gasteiger partial charge in [-0.2, -0.15) is 26.3 Å². The third kappa shape index (κ3) is 6.61. The highest BCUT2D eigenvalue weighted by atomic mass is 19.4. The monoisotopic (exact) mass is 596 g/mol. The minimum atomic E-state index is -5.22. The van der Waals surface area contributed by atoms with Gasteiger partial charge in [-0.3, -0.25) is 19.9 Å². The molecular weight excluding hydrogens is 566 g/mol. The fourth-order valence-corrected chi connectivity index (χ4v) is 5.65. The summed E-state index contributed by atoms with van der Waals surface area (Å²) in [4.78, 5) is 31.6. The molecule has 1 amide bonds. The average Bonchev–Trinajstić information content (AvgIpc) is 3.35. The van der Waals surface area contributed by atoms with Crippen molar-refractivity contribution in [1.82, 2.24) is 31.0 Å². The quantitative estimate of drug-likeness (QED) is 0.248. The van der Waals surface area contributed by atoms with Gasteiger partial charge in [-0.1, -0.05) is 24.3 Å². The number of hydrazine groups is 1. The zero-order valence-electron chi connectivity index (χ0n) is 22.4. The van der Waals surface area contributed by atoms with E-state index >= 15 is 0 Å². The summed E-state index contributed by atoms with van der Waals surface area (Å²) in [5, 5.41) is 8.96. The molecule has 8 nitrogen and oxygen atoms in total. The third-order valence-corrected chi connectivity index (χ3v) is 7.63. The fourth-order valence-electron chi connectivity index (χ4n) is 5.65. The van der Waals surface area contributed by atoms with Gasteiger partial charge >= 0.3 is 12.4 Å². The number of aromatic amines is 1. The van der Waals surface area contributed by atoms with Crippen molar-refractivity contribution < 1.29 is 35.9 Å². The van der Waals surface area contributed by atoms with E-state index in [1.807, 2.05) is 24.3 Å². The Bertz CT molecular complexity index is 1430. The van der Waals surface area contributed by atoms with E-state index in [1.54, 1.807) is 11.2 Å². The lowest BCUT2D eigenvalue weighted by Crippen LogP contribution is -2.64. The molecule has 2 aromatic carbocycles. The van der Waals surface area contributed by atoms with Gasteiger partial charge in [0.15, 0.2) is 5.78 Å². The Balaban J connectivity index is 1.50. The second-order valence-corrected chi connectivity index (χ2v) is 10.4. The zero-order valence-corrected chi connectivity index (χ0v) is 22.4. The van der Waals surface area contributed by atoms with E-state index in [1.165, 1.54) is 4.90 Å². The van der Waals surface area contributed by atoms with Gasteiger partial charge in [0.1, 0.15) is 0 Å². The molecule has 0 radical (unpaired) electrons. The molecule has 1 aromatic heterocycles. The Labute approximate surface area is 237 Å². The van der Waals surface area contributed by atoms with Crippen LogP contribution in [-0.4, -0.2) is 84.5 Å². The van der Waals surface area contributed by atoms with Crippen LogP contribution in [0.1, 0.15) is 27.0 Å². The van der Waals surface area contributed by atoms with E-state index in [-0.39, 0.29) is 25.6 Å². The van der Waals surface area contributed by atoms with Crippen molar-refractivity contribution in [2.75, 3.05) is 45.8 Å². The molecule has 3 aromatic rings. The highest BCUT2D eigenvalue weighted by Gasteiger charge is 2.44. The number of nitrogens with zero attached hydrogens (tertiary/aromatic N) is 2. The first-order valence-corrected chi connectivity index (χ1v) is 13.5. The van der Waals surface area contributed by atoms with Gasteiger partial charge in [-0.15, -0.1) is 0 Å². The molecule has 226 valence electrons. The molecule has 2 aliphatic rings. The summed E-state index contributed by atoms with van der Waals surface area (Å²) in [5.74, 6) is -1.45. The van der Waals surface area contributed by atoms with Crippen LogP contribution in [-0.2, 0) is 23.6 Å². The summed E-state index contributed by atoms with van der Waals surface area (Å²) in [6.45, 7) is 2.66. The molecule has 0 spiro atoms. The number of H-pyrrole nitrogens is 1. The number of benzene rings is 2. The summed E-state index contributed by atoms with van der Waals surface area (Å²) < 4.78 is 82.1. The molecule has 2 unspecified atom stereocenters. The first-order chi connectivity index (χ1) is 19.9. The van der Waals surface area contributed by atoms with Gasteiger partial charge in [-0.25, -0.2) is 5.01 Å². The minimum absolute atomic E-state index is 0.0282. The Morgan fingerprint density at radius 2 is 1.67 bits per heavy atom.